The largest absolute Gasteiger partial charge is 0.357 e. The van der Waals surface area contributed by atoms with Crippen molar-refractivity contribution < 1.29 is 18.0 Å². The number of anilines is 1. The van der Waals surface area contributed by atoms with Gasteiger partial charge in [-0.2, -0.15) is 0 Å². The summed E-state index contributed by atoms with van der Waals surface area (Å²) in [4.78, 5) is 28.0. The van der Waals surface area contributed by atoms with Gasteiger partial charge in [-0.3, -0.25) is 13.9 Å². The lowest BCUT2D eigenvalue weighted by Crippen LogP contribution is -2.51. The maximum atomic E-state index is 13.8. The highest BCUT2D eigenvalue weighted by molar-refractivity contribution is 7.92. The van der Waals surface area contributed by atoms with Gasteiger partial charge in [0.1, 0.15) is 12.6 Å². The number of rotatable bonds is 11. The molecule has 1 atom stereocenters. The zero-order valence-corrected chi connectivity index (χ0v) is 21.7. The molecule has 3 aromatic carbocycles. The minimum Gasteiger partial charge on any atom is -0.357 e. The van der Waals surface area contributed by atoms with Crippen LogP contribution in [0.5, 0.6) is 0 Å². The van der Waals surface area contributed by atoms with Crippen LogP contribution in [0.15, 0.2) is 89.8 Å². The van der Waals surface area contributed by atoms with E-state index in [-0.39, 0.29) is 17.3 Å². The van der Waals surface area contributed by atoms with Crippen molar-refractivity contribution >= 4 is 27.5 Å². The quantitative estimate of drug-likeness (QED) is 0.425. The van der Waals surface area contributed by atoms with Gasteiger partial charge in [-0.25, -0.2) is 8.42 Å². The molecule has 0 aliphatic rings. The van der Waals surface area contributed by atoms with Crippen LogP contribution in [0.1, 0.15) is 31.4 Å². The molecule has 190 valence electrons. The predicted molar refractivity (Wildman–Crippen MR) is 142 cm³/mol. The second kappa shape index (κ2) is 12.4. The van der Waals surface area contributed by atoms with Gasteiger partial charge in [-0.05, 0) is 48.2 Å². The van der Waals surface area contributed by atoms with Crippen molar-refractivity contribution in [1.82, 2.24) is 10.2 Å². The number of carbonyl (C=O) groups excluding carboxylic acids is 2. The first-order chi connectivity index (χ1) is 17.3. The Morgan fingerprint density at radius 3 is 1.94 bits per heavy atom. The number of nitrogens with one attached hydrogen (secondary N) is 1. The van der Waals surface area contributed by atoms with Crippen molar-refractivity contribution in [2.45, 2.75) is 44.2 Å². The van der Waals surface area contributed by atoms with E-state index in [0.29, 0.717) is 12.1 Å². The smallest absolute Gasteiger partial charge is 0.264 e. The van der Waals surface area contributed by atoms with Gasteiger partial charge in [0.2, 0.25) is 11.8 Å². The van der Waals surface area contributed by atoms with Crippen molar-refractivity contribution in [3.8, 4) is 0 Å². The van der Waals surface area contributed by atoms with Gasteiger partial charge in [-0.15, -0.1) is 0 Å². The molecule has 1 N–H and O–H groups in total. The maximum absolute atomic E-state index is 13.8. The third-order valence-corrected chi connectivity index (χ3v) is 7.86. The summed E-state index contributed by atoms with van der Waals surface area (Å²) < 4.78 is 28.5. The third-order valence-electron chi connectivity index (χ3n) is 6.07. The summed E-state index contributed by atoms with van der Waals surface area (Å²) in [7, 11) is -2.52. The molecule has 0 aliphatic carbocycles. The van der Waals surface area contributed by atoms with E-state index in [2.05, 4.69) is 5.32 Å². The van der Waals surface area contributed by atoms with E-state index in [9.17, 15) is 18.0 Å². The van der Waals surface area contributed by atoms with Crippen molar-refractivity contribution in [3.05, 3.63) is 96.1 Å². The van der Waals surface area contributed by atoms with Crippen molar-refractivity contribution in [2.24, 2.45) is 0 Å². The van der Waals surface area contributed by atoms with Crippen LogP contribution in [0.25, 0.3) is 0 Å². The molecule has 0 saturated heterocycles. The Morgan fingerprint density at radius 1 is 0.833 bits per heavy atom. The molecule has 3 rings (SSSR count). The fraction of sp³-hybridized carbons (Fsp3) is 0.286. The van der Waals surface area contributed by atoms with Crippen LogP contribution in [-0.4, -0.2) is 44.8 Å². The summed E-state index contributed by atoms with van der Waals surface area (Å²) in [5.41, 5.74) is 2.29. The van der Waals surface area contributed by atoms with Gasteiger partial charge in [0, 0.05) is 13.6 Å². The molecule has 0 radical (unpaired) electrons. The number of nitrogens with zero attached hydrogens (tertiary/aromatic N) is 2. The monoisotopic (exact) mass is 507 g/mol. The van der Waals surface area contributed by atoms with Gasteiger partial charge in [-0.1, -0.05) is 74.5 Å². The first-order valence-corrected chi connectivity index (χ1v) is 13.5. The number of amides is 2. The van der Waals surface area contributed by atoms with E-state index in [1.165, 1.54) is 24.1 Å². The summed E-state index contributed by atoms with van der Waals surface area (Å²) >= 11 is 0. The zero-order valence-electron chi connectivity index (χ0n) is 20.9. The zero-order chi connectivity index (χ0) is 26.1. The van der Waals surface area contributed by atoms with Gasteiger partial charge in [0.05, 0.1) is 10.6 Å². The summed E-state index contributed by atoms with van der Waals surface area (Å²) in [6.45, 7) is 3.58. The number of hydrogen-bond donors (Lipinski definition) is 1. The van der Waals surface area contributed by atoms with Crippen LogP contribution in [0.2, 0.25) is 0 Å². The molecule has 0 spiro atoms. The molecule has 7 nitrogen and oxygen atoms in total. The SMILES string of the molecule is CCc1ccc(N(CC(=O)N(Cc2ccccc2)[C@@H](CC)C(=O)NC)S(=O)(=O)c2ccccc2)cc1. The van der Waals surface area contributed by atoms with Crippen LogP contribution in [0.3, 0.4) is 0 Å². The number of sulfonamides is 1. The fourth-order valence-electron chi connectivity index (χ4n) is 4.01. The van der Waals surface area contributed by atoms with E-state index in [1.54, 1.807) is 30.3 Å². The highest BCUT2D eigenvalue weighted by Gasteiger charge is 2.33. The minimum absolute atomic E-state index is 0.0883. The van der Waals surface area contributed by atoms with Gasteiger partial charge in [0.15, 0.2) is 0 Å². The fourth-order valence-corrected chi connectivity index (χ4v) is 5.45. The molecule has 0 fully saturated rings. The lowest BCUT2D eigenvalue weighted by atomic mass is 10.1. The highest BCUT2D eigenvalue weighted by Crippen LogP contribution is 2.25. The molecule has 0 saturated carbocycles. The van der Waals surface area contributed by atoms with Crippen LogP contribution >= 0.6 is 0 Å². The molecule has 8 heteroatoms. The van der Waals surface area contributed by atoms with Crippen LogP contribution in [-0.2, 0) is 32.6 Å². The Morgan fingerprint density at radius 2 is 1.42 bits per heavy atom. The van der Waals surface area contributed by atoms with E-state index in [0.717, 1.165) is 21.9 Å². The van der Waals surface area contributed by atoms with E-state index in [4.69, 9.17) is 0 Å². The topological polar surface area (TPSA) is 86.8 Å². The molecule has 0 heterocycles. The predicted octanol–water partition coefficient (Wildman–Crippen LogP) is 4.00. The summed E-state index contributed by atoms with van der Waals surface area (Å²) in [5, 5.41) is 2.63. The third kappa shape index (κ3) is 6.31. The highest BCUT2D eigenvalue weighted by atomic mass is 32.2. The normalized spacial score (nSPS) is 12.0. The molecular weight excluding hydrogens is 474 g/mol. The van der Waals surface area contributed by atoms with Crippen LogP contribution < -0.4 is 9.62 Å². The minimum atomic E-state index is -4.05. The molecule has 2 amide bonds. The van der Waals surface area contributed by atoms with E-state index >= 15 is 0 Å². The Balaban J connectivity index is 2.04. The Hall–Kier alpha value is -3.65. The maximum Gasteiger partial charge on any atom is 0.264 e. The average Bonchev–Trinajstić information content (AvgIpc) is 2.92. The first-order valence-electron chi connectivity index (χ1n) is 12.0. The summed E-state index contributed by atoms with van der Waals surface area (Å²) in [6.07, 6.45) is 1.19. The van der Waals surface area contributed by atoms with Crippen LogP contribution in [0, 0.1) is 0 Å². The average molecular weight is 508 g/mol. The van der Waals surface area contributed by atoms with E-state index in [1.807, 2.05) is 56.3 Å². The number of aryl methyl sites for hydroxylation is 1. The van der Waals surface area contributed by atoms with Gasteiger partial charge >= 0.3 is 0 Å². The first kappa shape index (κ1) is 26.9. The van der Waals surface area contributed by atoms with Gasteiger partial charge < -0.3 is 10.2 Å². The number of hydrogen-bond acceptors (Lipinski definition) is 4. The lowest BCUT2D eigenvalue weighted by molar-refractivity contribution is -0.140. The van der Waals surface area contributed by atoms with Crippen molar-refractivity contribution in [1.29, 1.82) is 0 Å². The number of carbonyl (C=O) groups is 2. The lowest BCUT2D eigenvalue weighted by Gasteiger charge is -2.33. The molecule has 0 unspecified atom stereocenters. The molecule has 0 bridgehead atoms. The molecule has 0 aromatic heterocycles. The second-order valence-electron chi connectivity index (χ2n) is 8.39. The molecule has 36 heavy (non-hydrogen) atoms. The number of benzene rings is 3. The number of likely N-dealkylation sites (N-methyl/N-ethyl adjacent to an activating group) is 1. The Labute approximate surface area is 213 Å². The second-order valence-corrected chi connectivity index (χ2v) is 10.3. The van der Waals surface area contributed by atoms with Gasteiger partial charge in [0.25, 0.3) is 10.0 Å². The molecule has 3 aromatic rings. The van der Waals surface area contributed by atoms with Crippen molar-refractivity contribution in [2.75, 3.05) is 17.9 Å². The molecular formula is C28H33N3O4S. The Kier molecular flexibility index (Phi) is 9.25. The van der Waals surface area contributed by atoms with Crippen LogP contribution in [0.4, 0.5) is 5.69 Å². The van der Waals surface area contributed by atoms with E-state index < -0.39 is 28.5 Å². The summed E-state index contributed by atoms with van der Waals surface area (Å²) in [6, 6.07) is 23.8. The summed E-state index contributed by atoms with van der Waals surface area (Å²) in [5.74, 6) is -0.764. The Bertz CT molecular complexity index is 1250. The van der Waals surface area contributed by atoms with Crippen molar-refractivity contribution in [3.63, 3.8) is 0 Å². The standard InChI is InChI=1S/C28H33N3O4S/c1-4-22-16-18-24(19-17-22)31(36(34,35)25-14-10-7-11-15-25)21-27(32)30(26(5-2)28(33)29-3)20-23-12-8-6-9-13-23/h6-19,26H,4-5,20-21H2,1-3H3,(H,29,33)/t26-/m0/s1. The molecule has 0 aliphatic heterocycles.